The van der Waals surface area contributed by atoms with Crippen molar-refractivity contribution in [2.45, 2.75) is 20.3 Å². The number of rotatable bonds is 6. The van der Waals surface area contributed by atoms with Crippen molar-refractivity contribution in [2.24, 2.45) is 0 Å². The van der Waals surface area contributed by atoms with Crippen LogP contribution in [0, 0.1) is 25.2 Å². The first-order chi connectivity index (χ1) is 14.5. The summed E-state index contributed by atoms with van der Waals surface area (Å²) in [6.07, 6.45) is 2.32. The maximum Gasteiger partial charge on any atom is 0.266 e. The first-order valence-electron chi connectivity index (χ1n) is 9.71. The molecule has 0 atom stereocenters. The Labute approximate surface area is 177 Å². The quantitative estimate of drug-likeness (QED) is 0.445. The maximum absolute atomic E-state index is 12.4. The highest BCUT2D eigenvalue weighted by molar-refractivity contribution is 6.09. The minimum absolute atomic E-state index is 0.0305. The average molecular weight is 396 g/mol. The largest absolute Gasteiger partial charge is 0.496 e. The monoisotopic (exact) mass is 396 g/mol. The number of nitrogens with zero attached hydrogens (tertiary/aromatic N) is 1. The molecule has 3 rings (SSSR count). The number of para-hydroxylation sites is 1. The Morgan fingerprint density at radius 1 is 1.03 bits per heavy atom. The molecule has 0 saturated heterocycles. The second kappa shape index (κ2) is 9.58. The number of hydrogen-bond donors (Lipinski definition) is 1. The van der Waals surface area contributed by atoms with Crippen LogP contribution in [0.3, 0.4) is 0 Å². The van der Waals surface area contributed by atoms with Crippen molar-refractivity contribution in [1.29, 1.82) is 5.26 Å². The fraction of sp³-hybridized carbons (Fsp3) is 0.154. The lowest BCUT2D eigenvalue weighted by molar-refractivity contribution is -0.112. The summed E-state index contributed by atoms with van der Waals surface area (Å²) in [4.78, 5) is 12.4. The van der Waals surface area contributed by atoms with E-state index >= 15 is 0 Å². The smallest absolute Gasteiger partial charge is 0.266 e. The van der Waals surface area contributed by atoms with E-state index < -0.39 is 5.91 Å². The van der Waals surface area contributed by atoms with Crippen LogP contribution in [0.1, 0.15) is 27.8 Å². The van der Waals surface area contributed by atoms with Crippen LogP contribution < -0.4 is 10.1 Å². The number of carbonyl (C=O) groups is 1. The third kappa shape index (κ3) is 5.36. The van der Waals surface area contributed by atoms with Gasteiger partial charge in [-0.25, -0.2) is 0 Å². The van der Waals surface area contributed by atoms with Gasteiger partial charge in [0, 0.05) is 12.1 Å². The Morgan fingerprint density at radius 3 is 2.37 bits per heavy atom. The zero-order valence-electron chi connectivity index (χ0n) is 17.4. The minimum atomic E-state index is -0.443. The maximum atomic E-state index is 12.4. The predicted octanol–water partition coefficient (Wildman–Crippen LogP) is 5.45. The normalized spacial score (nSPS) is 10.9. The van der Waals surface area contributed by atoms with Crippen molar-refractivity contribution in [2.75, 3.05) is 12.4 Å². The second-order valence-corrected chi connectivity index (χ2v) is 7.23. The molecule has 0 aliphatic carbocycles. The van der Waals surface area contributed by atoms with E-state index in [1.165, 1.54) is 16.7 Å². The molecule has 30 heavy (non-hydrogen) atoms. The van der Waals surface area contributed by atoms with Gasteiger partial charge in [0.25, 0.3) is 5.91 Å². The van der Waals surface area contributed by atoms with E-state index in [2.05, 4.69) is 37.4 Å². The Kier molecular flexibility index (Phi) is 6.67. The van der Waals surface area contributed by atoms with Gasteiger partial charge >= 0.3 is 0 Å². The number of methoxy groups -OCH3 is 1. The summed E-state index contributed by atoms with van der Waals surface area (Å²) in [5.74, 6) is 0.283. The second-order valence-electron chi connectivity index (χ2n) is 7.23. The number of aryl methyl sites for hydroxylation is 2. The zero-order chi connectivity index (χ0) is 21.5. The summed E-state index contributed by atoms with van der Waals surface area (Å²) in [5.41, 5.74) is 6.13. The standard InChI is InChI=1S/C26H24N2O2/c1-18-11-19(2)13-21(12-18)15-22-10-9-20(16-25(22)30-3)14-23(17-27)26(29)28-24-7-5-4-6-8-24/h4-14,16H,15H2,1-3H3,(H,28,29)/b23-14+. The highest BCUT2D eigenvalue weighted by Gasteiger charge is 2.11. The number of anilines is 1. The van der Waals surface area contributed by atoms with Crippen molar-refractivity contribution < 1.29 is 9.53 Å². The molecule has 1 N–H and O–H groups in total. The molecule has 1 amide bonds. The summed E-state index contributed by atoms with van der Waals surface area (Å²) in [6.45, 7) is 4.18. The van der Waals surface area contributed by atoms with Gasteiger partial charge in [-0.05, 0) is 54.8 Å². The summed E-state index contributed by atoms with van der Waals surface area (Å²) < 4.78 is 5.58. The summed E-state index contributed by atoms with van der Waals surface area (Å²) in [6, 6.07) is 23.3. The van der Waals surface area contributed by atoms with Crippen LogP contribution in [0.4, 0.5) is 5.69 Å². The Morgan fingerprint density at radius 2 is 1.73 bits per heavy atom. The van der Waals surface area contributed by atoms with Crippen molar-refractivity contribution in [3.05, 3.63) is 100 Å². The number of nitriles is 1. The van der Waals surface area contributed by atoms with Gasteiger partial charge in [0.15, 0.2) is 0 Å². The van der Waals surface area contributed by atoms with Gasteiger partial charge in [0.1, 0.15) is 17.4 Å². The molecular formula is C26H24N2O2. The lowest BCUT2D eigenvalue weighted by atomic mass is 9.98. The zero-order valence-corrected chi connectivity index (χ0v) is 17.4. The van der Waals surface area contributed by atoms with Crippen LogP contribution in [0.2, 0.25) is 0 Å². The minimum Gasteiger partial charge on any atom is -0.496 e. The van der Waals surface area contributed by atoms with Gasteiger partial charge in [-0.15, -0.1) is 0 Å². The van der Waals surface area contributed by atoms with Crippen LogP contribution in [0.15, 0.2) is 72.3 Å². The number of ether oxygens (including phenoxy) is 1. The number of amides is 1. The van der Waals surface area contributed by atoms with Gasteiger partial charge in [-0.2, -0.15) is 5.26 Å². The van der Waals surface area contributed by atoms with Crippen molar-refractivity contribution >= 4 is 17.7 Å². The third-order valence-electron chi connectivity index (χ3n) is 4.69. The lowest BCUT2D eigenvalue weighted by Crippen LogP contribution is -2.13. The molecule has 0 saturated carbocycles. The van der Waals surface area contributed by atoms with Crippen LogP contribution in [0.25, 0.3) is 6.08 Å². The number of carbonyl (C=O) groups excluding carboxylic acids is 1. The Balaban J connectivity index is 1.83. The topological polar surface area (TPSA) is 62.1 Å². The van der Waals surface area contributed by atoms with E-state index in [0.29, 0.717) is 5.69 Å². The van der Waals surface area contributed by atoms with Crippen LogP contribution in [0.5, 0.6) is 5.75 Å². The van der Waals surface area contributed by atoms with E-state index in [1.54, 1.807) is 25.3 Å². The highest BCUT2D eigenvalue weighted by Crippen LogP contribution is 2.25. The summed E-state index contributed by atoms with van der Waals surface area (Å²) in [5, 5.41) is 12.2. The van der Waals surface area contributed by atoms with E-state index in [0.717, 1.165) is 23.3 Å². The molecule has 0 aromatic heterocycles. The molecule has 0 aliphatic rings. The van der Waals surface area contributed by atoms with Gasteiger partial charge in [-0.1, -0.05) is 59.7 Å². The lowest BCUT2D eigenvalue weighted by Gasteiger charge is -2.11. The molecular weight excluding hydrogens is 372 g/mol. The first kappa shape index (κ1) is 20.9. The van der Waals surface area contributed by atoms with Crippen molar-refractivity contribution in [3.63, 3.8) is 0 Å². The van der Waals surface area contributed by atoms with E-state index in [1.807, 2.05) is 42.5 Å². The summed E-state index contributed by atoms with van der Waals surface area (Å²) >= 11 is 0. The fourth-order valence-corrected chi connectivity index (χ4v) is 3.42. The van der Waals surface area contributed by atoms with Crippen LogP contribution >= 0.6 is 0 Å². The molecule has 0 radical (unpaired) electrons. The molecule has 0 heterocycles. The molecule has 0 spiro atoms. The number of hydrogen-bond acceptors (Lipinski definition) is 3. The van der Waals surface area contributed by atoms with E-state index in [-0.39, 0.29) is 5.57 Å². The number of nitrogens with one attached hydrogen (secondary N) is 1. The molecule has 0 unspecified atom stereocenters. The Hall–Kier alpha value is -3.84. The van der Waals surface area contributed by atoms with Gasteiger partial charge in [0.2, 0.25) is 0 Å². The van der Waals surface area contributed by atoms with Crippen molar-refractivity contribution in [3.8, 4) is 11.8 Å². The van der Waals surface area contributed by atoms with Gasteiger partial charge < -0.3 is 10.1 Å². The molecule has 4 nitrogen and oxygen atoms in total. The molecule has 0 fully saturated rings. The molecule has 0 aliphatic heterocycles. The Bertz CT molecular complexity index is 1110. The van der Waals surface area contributed by atoms with E-state index in [9.17, 15) is 10.1 Å². The van der Waals surface area contributed by atoms with Crippen molar-refractivity contribution in [1.82, 2.24) is 0 Å². The molecule has 3 aromatic carbocycles. The SMILES string of the molecule is COc1cc(/C=C(\C#N)C(=O)Nc2ccccc2)ccc1Cc1cc(C)cc(C)c1. The van der Waals surface area contributed by atoms with Crippen LogP contribution in [-0.2, 0) is 11.2 Å². The molecule has 150 valence electrons. The molecule has 0 bridgehead atoms. The summed E-state index contributed by atoms with van der Waals surface area (Å²) in [7, 11) is 1.63. The van der Waals surface area contributed by atoms with Crippen LogP contribution in [-0.4, -0.2) is 13.0 Å². The number of benzene rings is 3. The highest BCUT2D eigenvalue weighted by atomic mass is 16.5. The predicted molar refractivity (Wildman–Crippen MR) is 120 cm³/mol. The first-order valence-corrected chi connectivity index (χ1v) is 9.71. The van der Waals surface area contributed by atoms with Gasteiger partial charge in [0.05, 0.1) is 7.11 Å². The van der Waals surface area contributed by atoms with E-state index in [4.69, 9.17) is 4.74 Å². The molecule has 3 aromatic rings. The molecule has 4 heteroatoms. The fourth-order valence-electron chi connectivity index (χ4n) is 3.42. The van der Waals surface area contributed by atoms with Gasteiger partial charge in [-0.3, -0.25) is 4.79 Å². The third-order valence-corrected chi connectivity index (χ3v) is 4.69. The average Bonchev–Trinajstić information content (AvgIpc) is 2.72.